The van der Waals surface area contributed by atoms with Crippen LogP contribution in [-0.2, 0) is 28.8 Å². The molecular formula is C24H28BrNO6S. The summed E-state index contributed by atoms with van der Waals surface area (Å²) in [7, 11) is -3.13. The maximum atomic E-state index is 13.8. The number of halogens is 1. The minimum atomic E-state index is -4.29. The average Bonchev–Trinajstić information content (AvgIpc) is 2.84. The van der Waals surface area contributed by atoms with Crippen LogP contribution in [0.25, 0.3) is 11.1 Å². The smallest absolute Gasteiger partial charge is 0.342 e. The number of nitrogens with two attached hydrogens (primary N) is 1. The van der Waals surface area contributed by atoms with Gasteiger partial charge in [0.25, 0.3) is 0 Å². The van der Waals surface area contributed by atoms with Gasteiger partial charge in [0, 0.05) is 23.2 Å². The third kappa shape index (κ3) is 4.49. The van der Waals surface area contributed by atoms with Gasteiger partial charge < -0.3 is 19.9 Å². The van der Waals surface area contributed by atoms with Crippen LogP contribution in [0.3, 0.4) is 0 Å². The molecule has 1 aliphatic heterocycles. The van der Waals surface area contributed by atoms with Crippen molar-refractivity contribution in [3.8, 4) is 11.1 Å². The molecule has 1 spiro atoms. The van der Waals surface area contributed by atoms with Gasteiger partial charge in [0.1, 0.15) is 0 Å². The molecule has 2 atom stereocenters. The summed E-state index contributed by atoms with van der Waals surface area (Å²) < 4.78 is 45.3. The molecule has 0 bridgehead atoms. The molecule has 2 N–H and O–H groups in total. The third-order valence-corrected chi connectivity index (χ3v) is 9.40. The van der Waals surface area contributed by atoms with Gasteiger partial charge in [-0.25, -0.2) is 13.2 Å². The van der Waals surface area contributed by atoms with Gasteiger partial charge in [-0.15, -0.1) is 0 Å². The molecule has 2 aromatic rings. The van der Waals surface area contributed by atoms with Crippen molar-refractivity contribution in [3.05, 3.63) is 53.0 Å². The maximum Gasteiger partial charge on any atom is 0.342 e. The molecule has 1 heterocycles. The SMILES string of the molecule is COC(=O)C(N)(C1CCCC2(C1)OCCCO2)S(=O)(=O)c1ccc(-c2ccc(Br)cc2)cc1. The number of hydrogen-bond acceptors (Lipinski definition) is 7. The van der Waals surface area contributed by atoms with E-state index in [9.17, 15) is 13.2 Å². The van der Waals surface area contributed by atoms with Gasteiger partial charge in [0.05, 0.1) is 25.2 Å². The predicted octanol–water partition coefficient (Wildman–Crippen LogP) is 4.04. The minimum absolute atomic E-state index is 0.0265. The molecule has 2 unspecified atom stereocenters. The summed E-state index contributed by atoms with van der Waals surface area (Å²) in [6, 6.07) is 14.1. The molecule has 1 saturated carbocycles. The van der Waals surface area contributed by atoms with Gasteiger partial charge in [-0.1, -0.05) is 40.2 Å². The highest BCUT2D eigenvalue weighted by atomic mass is 79.9. The predicted molar refractivity (Wildman–Crippen MR) is 127 cm³/mol. The van der Waals surface area contributed by atoms with Crippen LogP contribution in [0.5, 0.6) is 0 Å². The maximum absolute atomic E-state index is 13.8. The van der Waals surface area contributed by atoms with Crippen molar-refractivity contribution in [2.45, 2.75) is 47.7 Å². The fourth-order valence-corrected chi connectivity index (χ4v) is 6.85. The number of ether oxygens (including phenoxy) is 3. The Hall–Kier alpha value is -1.78. The lowest BCUT2D eigenvalue weighted by atomic mass is 9.79. The van der Waals surface area contributed by atoms with Crippen molar-refractivity contribution in [2.75, 3.05) is 20.3 Å². The zero-order chi connectivity index (χ0) is 23.7. The molecule has 4 rings (SSSR count). The number of benzene rings is 2. The number of hydrogen-bond donors (Lipinski definition) is 1. The zero-order valence-corrected chi connectivity index (χ0v) is 20.9. The zero-order valence-electron chi connectivity index (χ0n) is 18.5. The van der Waals surface area contributed by atoms with Gasteiger partial charge in [0.2, 0.25) is 14.7 Å². The monoisotopic (exact) mass is 537 g/mol. The lowest BCUT2D eigenvalue weighted by Crippen LogP contribution is -2.63. The van der Waals surface area contributed by atoms with Crippen LogP contribution < -0.4 is 5.73 Å². The summed E-state index contributed by atoms with van der Waals surface area (Å²) in [5.74, 6) is -2.59. The van der Waals surface area contributed by atoms with Crippen LogP contribution in [0.2, 0.25) is 0 Å². The second-order valence-electron chi connectivity index (χ2n) is 8.57. The topological polar surface area (TPSA) is 105 Å². The van der Waals surface area contributed by atoms with Crippen molar-refractivity contribution in [3.63, 3.8) is 0 Å². The molecular weight excluding hydrogens is 510 g/mol. The molecule has 178 valence electrons. The van der Waals surface area contributed by atoms with Crippen molar-refractivity contribution < 1.29 is 27.4 Å². The molecule has 9 heteroatoms. The summed E-state index contributed by atoms with van der Waals surface area (Å²) in [5.41, 5.74) is 8.30. The van der Waals surface area contributed by atoms with Crippen LogP contribution in [0.4, 0.5) is 0 Å². The third-order valence-electron chi connectivity index (χ3n) is 6.58. The average molecular weight is 538 g/mol. The number of rotatable bonds is 5. The lowest BCUT2D eigenvalue weighted by molar-refractivity contribution is -0.287. The number of sulfone groups is 1. The number of methoxy groups -OCH3 is 1. The van der Waals surface area contributed by atoms with E-state index in [1.165, 1.54) is 12.1 Å². The Balaban J connectivity index is 1.68. The highest BCUT2D eigenvalue weighted by molar-refractivity contribution is 9.10. The van der Waals surface area contributed by atoms with Crippen molar-refractivity contribution in [1.29, 1.82) is 0 Å². The van der Waals surface area contributed by atoms with Gasteiger partial charge in [-0.05, 0) is 54.7 Å². The summed E-state index contributed by atoms with van der Waals surface area (Å²) in [5, 5.41) is 0. The number of carbonyl (C=O) groups is 1. The molecule has 0 amide bonds. The standard InChI is InChI=1S/C24H28BrNO6S/c1-30-22(27)24(26,19-4-2-13-23(16-19)31-14-3-15-32-23)33(28,29)21-11-7-18(8-12-21)17-5-9-20(25)10-6-17/h5-12,19H,2-4,13-16,26H2,1H3. The normalized spacial score (nSPS) is 22.5. The van der Waals surface area contributed by atoms with Gasteiger partial charge in [-0.3, -0.25) is 0 Å². The number of carbonyl (C=O) groups excluding carboxylic acids is 1. The van der Waals surface area contributed by atoms with E-state index in [0.717, 1.165) is 29.1 Å². The molecule has 1 saturated heterocycles. The first kappa shape index (κ1) is 24.3. The molecule has 2 aliphatic rings. The molecule has 7 nitrogen and oxygen atoms in total. The first-order valence-corrected chi connectivity index (χ1v) is 13.3. The summed E-state index contributed by atoms with van der Waals surface area (Å²) in [6.07, 6.45) is 2.73. The van der Waals surface area contributed by atoms with Gasteiger partial charge in [-0.2, -0.15) is 0 Å². The van der Waals surface area contributed by atoms with Gasteiger partial charge >= 0.3 is 5.97 Å². The van der Waals surface area contributed by atoms with E-state index in [0.29, 0.717) is 32.5 Å². The van der Waals surface area contributed by atoms with E-state index in [2.05, 4.69) is 15.9 Å². The molecule has 2 fully saturated rings. The molecule has 2 aromatic carbocycles. The lowest BCUT2D eigenvalue weighted by Gasteiger charge is -2.46. The van der Waals surface area contributed by atoms with Crippen molar-refractivity contribution in [1.82, 2.24) is 0 Å². The highest BCUT2D eigenvalue weighted by Crippen LogP contribution is 2.45. The molecule has 0 aromatic heterocycles. The van der Waals surface area contributed by atoms with E-state index in [1.54, 1.807) is 12.1 Å². The van der Waals surface area contributed by atoms with Crippen molar-refractivity contribution >= 4 is 31.7 Å². The first-order chi connectivity index (χ1) is 15.7. The molecule has 0 radical (unpaired) electrons. The molecule has 1 aliphatic carbocycles. The second-order valence-corrected chi connectivity index (χ2v) is 11.6. The van der Waals surface area contributed by atoms with Crippen LogP contribution in [0, 0.1) is 5.92 Å². The fourth-order valence-electron chi connectivity index (χ4n) is 4.76. The highest BCUT2D eigenvalue weighted by Gasteiger charge is 2.58. The Labute approximate surface area is 202 Å². The van der Waals surface area contributed by atoms with Gasteiger partial charge in [0.15, 0.2) is 5.79 Å². The van der Waals surface area contributed by atoms with Crippen LogP contribution >= 0.6 is 15.9 Å². The van der Waals surface area contributed by atoms with E-state index in [-0.39, 0.29) is 11.3 Å². The number of esters is 1. The van der Waals surface area contributed by atoms with Crippen LogP contribution in [-0.4, -0.2) is 45.4 Å². The van der Waals surface area contributed by atoms with E-state index in [4.69, 9.17) is 19.9 Å². The van der Waals surface area contributed by atoms with E-state index < -0.39 is 32.4 Å². The van der Waals surface area contributed by atoms with E-state index >= 15 is 0 Å². The summed E-state index contributed by atoms with van der Waals surface area (Å²) in [6.45, 7) is 1.07. The minimum Gasteiger partial charge on any atom is -0.467 e. The Bertz CT molecular complexity index is 1090. The largest absolute Gasteiger partial charge is 0.467 e. The Kier molecular flexibility index (Phi) is 6.98. The first-order valence-electron chi connectivity index (χ1n) is 11.0. The summed E-state index contributed by atoms with van der Waals surface area (Å²) >= 11 is 3.41. The summed E-state index contributed by atoms with van der Waals surface area (Å²) in [4.78, 5) is 10.7. The Morgan fingerprint density at radius 1 is 1.06 bits per heavy atom. The fraction of sp³-hybridized carbons (Fsp3) is 0.458. The van der Waals surface area contributed by atoms with Crippen LogP contribution in [0.1, 0.15) is 32.1 Å². The molecule has 33 heavy (non-hydrogen) atoms. The van der Waals surface area contributed by atoms with E-state index in [1.807, 2.05) is 24.3 Å². The van der Waals surface area contributed by atoms with Crippen molar-refractivity contribution in [2.24, 2.45) is 11.7 Å². The quantitative estimate of drug-likeness (QED) is 0.573. The Morgan fingerprint density at radius 3 is 2.21 bits per heavy atom. The van der Waals surface area contributed by atoms with Crippen LogP contribution in [0.15, 0.2) is 57.9 Å². The Morgan fingerprint density at radius 2 is 1.64 bits per heavy atom. The second kappa shape index (κ2) is 9.46.